The lowest BCUT2D eigenvalue weighted by molar-refractivity contribution is 0.385. The molecule has 1 aromatic heterocycles. The summed E-state index contributed by atoms with van der Waals surface area (Å²) in [4.78, 5) is 7.21. The number of benzene rings is 2. The molecule has 1 saturated heterocycles. The molecule has 0 aliphatic carbocycles. The van der Waals surface area contributed by atoms with Gasteiger partial charge in [0.25, 0.3) is 0 Å². The molecule has 1 fully saturated rings. The highest BCUT2D eigenvalue weighted by atomic mass is 35.5. The third-order valence-corrected chi connectivity index (χ3v) is 7.94. The van der Waals surface area contributed by atoms with Crippen molar-refractivity contribution < 1.29 is 8.42 Å². The second-order valence-electron chi connectivity index (χ2n) is 6.68. The van der Waals surface area contributed by atoms with E-state index >= 15 is 0 Å². The van der Waals surface area contributed by atoms with Gasteiger partial charge in [0, 0.05) is 42.1 Å². The van der Waals surface area contributed by atoms with E-state index in [2.05, 4.69) is 29.3 Å². The van der Waals surface area contributed by atoms with Crippen molar-refractivity contribution >= 4 is 38.1 Å². The number of anilines is 1. The minimum absolute atomic E-state index is 0.279. The van der Waals surface area contributed by atoms with Crippen LogP contribution in [0.25, 0.3) is 11.3 Å². The SMILES string of the molecule is Cc1ccccc1-c1csc(N2CCN(S(=O)(=O)c3ccc(Cl)cc3)CC2)n1. The Balaban J connectivity index is 1.46. The summed E-state index contributed by atoms with van der Waals surface area (Å²) in [5.41, 5.74) is 3.29. The number of piperazine rings is 1. The molecule has 1 aliphatic heterocycles. The molecule has 2 heterocycles. The van der Waals surface area contributed by atoms with Gasteiger partial charge in [-0.2, -0.15) is 4.31 Å². The Hall–Kier alpha value is -1.93. The van der Waals surface area contributed by atoms with Crippen LogP contribution in [0.3, 0.4) is 0 Å². The van der Waals surface area contributed by atoms with Gasteiger partial charge in [-0.05, 0) is 36.8 Å². The average molecular weight is 434 g/mol. The zero-order valence-corrected chi connectivity index (χ0v) is 17.8. The number of sulfonamides is 1. The van der Waals surface area contributed by atoms with Gasteiger partial charge in [-0.15, -0.1) is 11.3 Å². The second-order valence-corrected chi connectivity index (χ2v) is 9.89. The Kier molecular flexibility index (Phi) is 5.42. The Morgan fingerprint density at radius 2 is 1.68 bits per heavy atom. The molecular weight excluding hydrogens is 414 g/mol. The second kappa shape index (κ2) is 7.83. The maximum absolute atomic E-state index is 12.8. The van der Waals surface area contributed by atoms with Gasteiger partial charge in [-0.1, -0.05) is 35.9 Å². The van der Waals surface area contributed by atoms with E-state index < -0.39 is 10.0 Å². The van der Waals surface area contributed by atoms with Crippen molar-refractivity contribution in [2.45, 2.75) is 11.8 Å². The molecule has 2 aromatic carbocycles. The molecule has 0 N–H and O–H groups in total. The molecule has 0 unspecified atom stereocenters. The molecule has 28 heavy (non-hydrogen) atoms. The summed E-state index contributed by atoms with van der Waals surface area (Å²) in [6, 6.07) is 14.5. The van der Waals surface area contributed by atoms with E-state index in [0.29, 0.717) is 31.2 Å². The number of hydrogen-bond acceptors (Lipinski definition) is 5. The van der Waals surface area contributed by atoms with E-state index in [-0.39, 0.29) is 4.90 Å². The fourth-order valence-corrected chi connectivity index (χ4v) is 5.70. The molecule has 0 amide bonds. The molecule has 3 aromatic rings. The predicted molar refractivity (Wildman–Crippen MR) is 115 cm³/mol. The Bertz CT molecular complexity index is 1070. The summed E-state index contributed by atoms with van der Waals surface area (Å²) in [6.07, 6.45) is 0. The molecule has 146 valence electrons. The largest absolute Gasteiger partial charge is 0.345 e. The number of thiazole rings is 1. The Labute approximate surface area is 174 Å². The standard InChI is InChI=1S/C20H20ClN3O2S2/c1-15-4-2-3-5-18(15)19-14-27-20(22-19)23-10-12-24(13-11-23)28(25,26)17-8-6-16(21)7-9-17/h2-9,14H,10-13H2,1H3. The third kappa shape index (κ3) is 3.80. The molecule has 0 radical (unpaired) electrons. The first-order valence-electron chi connectivity index (χ1n) is 8.97. The van der Waals surface area contributed by atoms with Gasteiger partial charge in [-0.25, -0.2) is 13.4 Å². The fraction of sp³-hybridized carbons (Fsp3) is 0.250. The van der Waals surface area contributed by atoms with Crippen molar-refractivity contribution in [3.63, 3.8) is 0 Å². The number of aryl methyl sites for hydroxylation is 1. The lowest BCUT2D eigenvalue weighted by Crippen LogP contribution is -2.48. The van der Waals surface area contributed by atoms with E-state index in [1.165, 1.54) is 9.87 Å². The zero-order valence-electron chi connectivity index (χ0n) is 15.4. The van der Waals surface area contributed by atoms with Crippen LogP contribution in [0.2, 0.25) is 5.02 Å². The van der Waals surface area contributed by atoms with E-state index in [4.69, 9.17) is 16.6 Å². The molecule has 0 bridgehead atoms. The Morgan fingerprint density at radius 1 is 1.00 bits per heavy atom. The smallest absolute Gasteiger partial charge is 0.243 e. The lowest BCUT2D eigenvalue weighted by atomic mass is 10.1. The van der Waals surface area contributed by atoms with Gasteiger partial charge in [0.05, 0.1) is 10.6 Å². The highest BCUT2D eigenvalue weighted by Gasteiger charge is 2.29. The molecule has 5 nitrogen and oxygen atoms in total. The summed E-state index contributed by atoms with van der Waals surface area (Å²) in [5, 5.41) is 3.52. The summed E-state index contributed by atoms with van der Waals surface area (Å²) >= 11 is 7.47. The molecular formula is C20H20ClN3O2S2. The van der Waals surface area contributed by atoms with Crippen molar-refractivity contribution in [3.05, 3.63) is 64.5 Å². The van der Waals surface area contributed by atoms with Crippen molar-refractivity contribution in [1.29, 1.82) is 0 Å². The van der Waals surface area contributed by atoms with Gasteiger partial charge in [-0.3, -0.25) is 0 Å². The van der Waals surface area contributed by atoms with Crippen LogP contribution in [0.4, 0.5) is 5.13 Å². The van der Waals surface area contributed by atoms with E-state index in [1.54, 1.807) is 35.6 Å². The van der Waals surface area contributed by atoms with Crippen molar-refractivity contribution in [1.82, 2.24) is 9.29 Å². The number of rotatable bonds is 4. The number of hydrogen-bond donors (Lipinski definition) is 0. The first kappa shape index (κ1) is 19.4. The highest BCUT2D eigenvalue weighted by molar-refractivity contribution is 7.89. The number of halogens is 1. The average Bonchev–Trinajstić information content (AvgIpc) is 3.19. The summed E-state index contributed by atoms with van der Waals surface area (Å²) in [6.45, 7) is 4.18. The molecule has 1 aliphatic rings. The molecule has 0 spiro atoms. The topological polar surface area (TPSA) is 53.5 Å². The van der Waals surface area contributed by atoms with Crippen molar-refractivity contribution in [2.24, 2.45) is 0 Å². The van der Waals surface area contributed by atoms with Crippen LogP contribution < -0.4 is 4.90 Å². The molecule has 4 rings (SSSR count). The molecule has 0 saturated carbocycles. The predicted octanol–water partition coefficient (Wildman–Crippen LogP) is 4.28. The van der Waals surface area contributed by atoms with E-state index in [1.807, 2.05) is 12.1 Å². The van der Waals surface area contributed by atoms with Gasteiger partial charge in [0.15, 0.2) is 5.13 Å². The van der Waals surface area contributed by atoms with Crippen LogP contribution >= 0.6 is 22.9 Å². The van der Waals surface area contributed by atoms with Crippen LogP contribution in [0.1, 0.15) is 5.56 Å². The van der Waals surface area contributed by atoms with Crippen molar-refractivity contribution in [2.75, 3.05) is 31.1 Å². The third-order valence-electron chi connectivity index (χ3n) is 4.87. The maximum Gasteiger partial charge on any atom is 0.243 e. The van der Waals surface area contributed by atoms with E-state index in [0.717, 1.165) is 16.4 Å². The van der Waals surface area contributed by atoms with Gasteiger partial charge < -0.3 is 4.90 Å². The fourth-order valence-electron chi connectivity index (χ4n) is 3.27. The summed E-state index contributed by atoms with van der Waals surface area (Å²) in [7, 11) is -3.50. The van der Waals surface area contributed by atoms with Crippen LogP contribution in [-0.2, 0) is 10.0 Å². The molecule has 8 heteroatoms. The molecule has 0 atom stereocenters. The van der Waals surface area contributed by atoms with Gasteiger partial charge in [0.2, 0.25) is 10.0 Å². The van der Waals surface area contributed by atoms with Gasteiger partial charge >= 0.3 is 0 Å². The van der Waals surface area contributed by atoms with Crippen molar-refractivity contribution in [3.8, 4) is 11.3 Å². The first-order valence-corrected chi connectivity index (χ1v) is 11.7. The number of nitrogens with zero attached hydrogens (tertiary/aromatic N) is 3. The quantitative estimate of drug-likeness (QED) is 0.616. The monoisotopic (exact) mass is 433 g/mol. The summed E-state index contributed by atoms with van der Waals surface area (Å²) < 4.78 is 27.2. The minimum Gasteiger partial charge on any atom is -0.345 e. The van der Waals surface area contributed by atoms with Crippen LogP contribution in [0.15, 0.2) is 58.8 Å². The summed E-state index contributed by atoms with van der Waals surface area (Å²) in [5.74, 6) is 0. The Morgan fingerprint density at radius 3 is 2.36 bits per heavy atom. The zero-order chi connectivity index (χ0) is 19.7. The maximum atomic E-state index is 12.8. The minimum atomic E-state index is -3.50. The lowest BCUT2D eigenvalue weighted by Gasteiger charge is -2.33. The van der Waals surface area contributed by atoms with E-state index in [9.17, 15) is 8.42 Å². The van der Waals surface area contributed by atoms with Gasteiger partial charge in [0.1, 0.15) is 0 Å². The van der Waals surface area contributed by atoms with Crippen LogP contribution in [-0.4, -0.2) is 43.9 Å². The number of aromatic nitrogens is 1. The normalized spacial score (nSPS) is 15.7. The first-order chi connectivity index (χ1) is 13.4. The highest BCUT2D eigenvalue weighted by Crippen LogP contribution is 2.30. The van der Waals surface area contributed by atoms with Crippen LogP contribution in [0.5, 0.6) is 0 Å². The van der Waals surface area contributed by atoms with Crippen LogP contribution in [0, 0.1) is 6.92 Å².